The zero-order chi connectivity index (χ0) is 15.1. The summed E-state index contributed by atoms with van der Waals surface area (Å²) in [7, 11) is 1.86. The molecule has 0 spiro atoms. The molecule has 0 saturated carbocycles. The number of nitrogens with zero attached hydrogens (tertiary/aromatic N) is 1. The van der Waals surface area contributed by atoms with Crippen molar-refractivity contribution in [2.24, 2.45) is 0 Å². The van der Waals surface area contributed by atoms with Gasteiger partial charge in [0.2, 0.25) is 0 Å². The van der Waals surface area contributed by atoms with Gasteiger partial charge in [-0.3, -0.25) is 0 Å². The van der Waals surface area contributed by atoms with Crippen molar-refractivity contribution in [3.63, 3.8) is 0 Å². The monoisotopic (exact) mass is 286 g/mol. The van der Waals surface area contributed by atoms with Gasteiger partial charge < -0.3 is 10.1 Å². The molecule has 0 aliphatic heterocycles. The summed E-state index contributed by atoms with van der Waals surface area (Å²) in [5.41, 5.74) is 2.53. The standard InChI is InChI=1S/C18H26N2O/c1-3-18(14-19,20-2)11-6-12-21-17-10-9-15-7-4-5-8-16(15)13-17/h9-10,13,20H,3-8,11-12H2,1-2H3. The van der Waals surface area contributed by atoms with E-state index in [1.165, 1.54) is 36.8 Å². The number of hydrogen-bond donors (Lipinski definition) is 1. The van der Waals surface area contributed by atoms with Crippen LogP contribution in [0.5, 0.6) is 5.75 Å². The number of aryl methyl sites for hydroxylation is 2. The predicted octanol–water partition coefficient (Wildman–Crippen LogP) is 3.62. The van der Waals surface area contributed by atoms with Gasteiger partial charge in [0.15, 0.2) is 0 Å². The van der Waals surface area contributed by atoms with E-state index >= 15 is 0 Å². The zero-order valence-corrected chi connectivity index (χ0v) is 13.2. The second kappa shape index (κ2) is 7.47. The quantitative estimate of drug-likeness (QED) is 0.779. The first-order valence-electron chi connectivity index (χ1n) is 8.08. The first kappa shape index (κ1) is 15.9. The highest BCUT2D eigenvalue weighted by Gasteiger charge is 2.24. The van der Waals surface area contributed by atoms with E-state index in [2.05, 4.69) is 29.6 Å². The topological polar surface area (TPSA) is 45.0 Å². The normalized spacial score (nSPS) is 16.6. The van der Waals surface area contributed by atoms with Gasteiger partial charge in [-0.25, -0.2) is 0 Å². The molecule has 1 unspecified atom stereocenters. The predicted molar refractivity (Wildman–Crippen MR) is 85.5 cm³/mol. The average Bonchev–Trinajstić information content (AvgIpc) is 2.55. The third kappa shape index (κ3) is 3.98. The van der Waals surface area contributed by atoms with Crippen LogP contribution in [0.4, 0.5) is 0 Å². The van der Waals surface area contributed by atoms with Crippen molar-refractivity contribution in [1.29, 1.82) is 5.26 Å². The Hall–Kier alpha value is -1.53. The van der Waals surface area contributed by atoms with Gasteiger partial charge in [-0.15, -0.1) is 0 Å². The number of ether oxygens (including phenoxy) is 1. The molecule has 1 aliphatic rings. The van der Waals surface area contributed by atoms with Crippen LogP contribution >= 0.6 is 0 Å². The molecule has 3 nitrogen and oxygen atoms in total. The van der Waals surface area contributed by atoms with Crippen LogP contribution in [0.15, 0.2) is 18.2 Å². The maximum absolute atomic E-state index is 9.27. The lowest BCUT2D eigenvalue weighted by Crippen LogP contribution is -2.41. The molecule has 1 aliphatic carbocycles. The van der Waals surface area contributed by atoms with Gasteiger partial charge in [0, 0.05) is 0 Å². The van der Waals surface area contributed by atoms with E-state index in [0.29, 0.717) is 6.61 Å². The number of fused-ring (bicyclic) bond motifs is 1. The highest BCUT2D eigenvalue weighted by molar-refractivity contribution is 5.37. The highest BCUT2D eigenvalue weighted by atomic mass is 16.5. The molecule has 0 heterocycles. The van der Waals surface area contributed by atoms with E-state index in [1.54, 1.807) is 0 Å². The second-order valence-electron chi connectivity index (χ2n) is 5.89. The minimum Gasteiger partial charge on any atom is -0.494 e. The van der Waals surface area contributed by atoms with E-state index in [-0.39, 0.29) is 0 Å². The van der Waals surface area contributed by atoms with Gasteiger partial charge in [-0.1, -0.05) is 13.0 Å². The number of nitriles is 1. The average molecular weight is 286 g/mol. The SMILES string of the molecule is CCC(C#N)(CCCOc1ccc2c(c1)CCCC2)NC. The fourth-order valence-electron chi connectivity index (χ4n) is 3.03. The minimum atomic E-state index is -0.404. The maximum atomic E-state index is 9.27. The molecule has 2 rings (SSSR count). The molecule has 0 aromatic heterocycles. The zero-order valence-electron chi connectivity index (χ0n) is 13.2. The van der Waals surface area contributed by atoms with Gasteiger partial charge in [-0.05, 0) is 75.3 Å². The number of rotatable bonds is 7. The summed E-state index contributed by atoms with van der Waals surface area (Å²) in [4.78, 5) is 0. The molecule has 1 N–H and O–H groups in total. The molecular formula is C18H26N2O. The summed E-state index contributed by atoms with van der Waals surface area (Å²) in [6, 6.07) is 8.88. The summed E-state index contributed by atoms with van der Waals surface area (Å²) in [5, 5.41) is 12.4. The molecule has 0 saturated heterocycles. The number of nitrogens with one attached hydrogen (secondary N) is 1. The molecule has 0 bridgehead atoms. The van der Waals surface area contributed by atoms with Crippen LogP contribution in [0.25, 0.3) is 0 Å². The largest absolute Gasteiger partial charge is 0.494 e. The van der Waals surface area contributed by atoms with Crippen molar-refractivity contribution in [3.05, 3.63) is 29.3 Å². The Morgan fingerprint density at radius 1 is 1.29 bits per heavy atom. The van der Waals surface area contributed by atoms with Crippen LogP contribution in [0.2, 0.25) is 0 Å². The van der Waals surface area contributed by atoms with Crippen LogP contribution in [-0.4, -0.2) is 19.2 Å². The molecule has 114 valence electrons. The molecule has 1 atom stereocenters. The van der Waals surface area contributed by atoms with Crippen LogP contribution in [0.1, 0.15) is 50.2 Å². The fourth-order valence-corrected chi connectivity index (χ4v) is 3.03. The van der Waals surface area contributed by atoms with Crippen molar-refractivity contribution < 1.29 is 4.74 Å². The van der Waals surface area contributed by atoms with Gasteiger partial charge in [0.25, 0.3) is 0 Å². The molecule has 0 fully saturated rings. The van der Waals surface area contributed by atoms with E-state index in [1.807, 2.05) is 14.0 Å². The Morgan fingerprint density at radius 3 is 2.71 bits per heavy atom. The molecule has 1 aromatic rings. The Kier molecular flexibility index (Phi) is 5.64. The first-order valence-corrected chi connectivity index (χ1v) is 8.08. The van der Waals surface area contributed by atoms with Crippen molar-refractivity contribution in [1.82, 2.24) is 5.32 Å². The van der Waals surface area contributed by atoms with Gasteiger partial charge in [0.1, 0.15) is 11.3 Å². The van der Waals surface area contributed by atoms with Crippen LogP contribution in [0.3, 0.4) is 0 Å². The Bertz CT molecular complexity index is 500. The lowest BCUT2D eigenvalue weighted by atomic mass is 9.91. The maximum Gasteiger partial charge on any atom is 0.119 e. The molecule has 0 amide bonds. The molecule has 0 radical (unpaired) electrons. The summed E-state index contributed by atoms with van der Waals surface area (Å²) >= 11 is 0. The molecule has 21 heavy (non-hydrogen) atoms. The summed E-state index contributed by atoms with van der Waals surface area (Å²) in [5.74, 6) is 0.971. The van der Waals surface area contributed by atoms with Crippen molar-refractivity contribution in [2.75, 3.05) is 13.7 Å². The van der Waals surface area contributed by atoms with Crippen LogP contribution < -0.4 is 10.1 Å². The highest BCUT2D eigenvalue weighted by Crippen LogP contribution is 2.25. The van der Waals surface area contributed by atoms with Crippen molar-refractivity contribution in [3.8, 4) is 11.8 Å². The fraction of sp³-hybridized carbons (Fsp3) is 0.611. The Labute approximate surface area is 128 Å². The van der Waals surface area contributed by atoms with Gasteiger partial charge in [-0.2, -0.15) is 5.26 Å². The third-order valence-corrected chi connectivity index (χ3v) is 4.63. The Morgan fingerprint density at radius 2 is 2.05 bits per heavy atom. The minimum absolute atomic E-state index is 0.404. The lowest BCUT2D eigenvalue weighted by molar-refractivity contribution is 0.281. The van der Waals surface area contributed by atoms with E-state index in [9.17, 15) is 5.26 Å². The molecule has 1 aromatic carbocycles. The smallest absolute Gasteiger partial charge is 0.119 e. The Balaban J connectivity index is 1.83. The number of hydrogen-bond acceptors (Lipinski definition) is 3. The van der Waals surface area contributed by atoms with Crippen molar-refractivity contribution >= 4 is 0 Å². The van der Waals surface area contributed by atoms with E-state index in [4.69, 9.17) is 4.74 Å². The van der Waals surface area contributed by atoms with Gasteiger partial charge in [0.05, 0.1) is 12.7 Å². The molecular weight excluding hydrogens is 260 g/mol. The van der Waals surface area contributed by atoms with Gasteiger partial charge >= 0.3 is 0 Å². The van der Waals surface area contributed by atoms with Crippen LogP contribution in [-0.2, 0) is 12.8 Å². The summed E-state index contributed by atoms with van der Waals surface area (Å²) in [6.45, 7) is 2.72. The molecule has 3 heteroatoms. The first-order chi connectivity index (χ1) is 10.2. The summed E-state index contributed by atoms with van der Waals surface area (Å²) in [6.07, 6.45) is 7.52. The lowest BCUT2D eigenvalue weighted by Gasteiger charge is -2.24. The van der Waals surface area contributed by atoms with E-state index < -0.39 is 5.54 Å². The van der Waals surface area contributed by atoms with E-state index in [0.717, 1.165) is 25.0 Å². The number of benzene rings is 1. The summed E-state index contributed by atoms with van der Waals surface area (Å²) < 4.78 is 5.86. The second-order valence-corrected chi connectivity index (χ2v) is 5.89. The van der Waals surface area contributed by atoms with Crippen LogP contribution in [0, 0.1) is 11.3 Å². The van der Waals surface area contributed by atoms with Crippen molar-refractivity contribution in [2.45, 2.75) is 57.4 Å². The third-order valence-electron chi connectivity index (χ3n) is 4.63.